The number of methoxy groups -OCH3 is 1. The molecule has 2 N–H and O–H groups in total. The van der Waals surface area contributed by atoms with E-state index in [1.807, 2.05) is 30.3 Å². The molecule has 8 heteroatoms. The highest BCUT2D eigenvalue weighted by atomic mass is 16.5. The number of likely N-dealkylation sites (tertiary alicyclic amines) is 1. The molecule has 0 aliphatic carbocycles. The molecule has 3 rings (SSSR count). The van der Waals surface area contributed by atoms with E-state index in [-0.39, 0.29) is 23.6 Å². The fraction of sp³-hybridized carbons (Fsp3) is 0.375. The Morgan fingerprint density at radius 1 is 1.19 bits per heavy atom. The maximum Gasteiger partial charge on any atom is 0.244 e. The van der Waals surface area contributed by atoms with Crippen molar-refractivity contribution in [3.8, 4) is 5.75 Å². The first-order valence-electron chi connectivity index (χ1n) is 10.7. The van der Waals surface area contributed by atoms with Crippen molar-refractivity contribution in [3.05, 3.63) is 60.1 Å². The van der Waals surface area contributed by atoms with Crippen molar-refractivity contribution in [2.75, 3.05) is 20.2 Å². The van der Waals surface area contributed by atoms with E-state index in [1.54, 1.807) is 37.3 Å². The molecule has 8 nitrogen and oxygen atoms in total. The van der Waals surface area contributed by atoms with Gasteiger partial charge in [0, 0.05) is 25.1 Å². The summed E-state index contributed by atoms with van der Waals surface area (Å²) in [5.74, 6) is 0.797. The summed E-state index contributed by atoms with van der Waals surface area (Å²) in [5, 5.41) is 5.58. The van der Waals surface area contributed by atoms with Crippen molar-refractivity contribution in [3.63, 3.8) is 0 Å². The zero-order valence-electron chi connectivity index (χ0n) is 18.4. The molecule has 1 fully saturated rings. The third kappa shape index (κ3) is 6.47. The monoisotopic (exact) mass is 439 g/mol. The molecule has 1 unspecified atom stereocenters. The van der Waals surface area contributed by atoms with Crippen LogP contribution in [0.15, 0.2) is 53.2 Å². The lowest BCUT2D eigenvalue weighted by molar-refractivity contribution is -0.138. The van der Waals surface area contributed by atoms with E-state index in [0.717, 1.165) is 11.3 Å². The molecule has 1 saturated heterocycles. The van der Waals surface area contributed by atoms with Crippen LogP contribution in [0.5, 0.6) is 5.75 Å². The molecule has 1 aliphatic rings. The van der Waals surface area contributed by atoms with Crippen LogP contribution in [0.3, 0.4) is 0 Å². The second kappa shape index (κ2) is 11.2. The van der Waals surface area contributed by atoms with E-state index in [9.17, 15) is 14.4 Å². The normalized spacial score (nSPS) is 15.4. The molecule has 2 aromatic rings. The van der Waals surface area contributed by atoms with Gasteiger partial charge < -0.3 is 24.7 Å². The van der Waals surface area contributed by atoms with E-state index in [4.69, 9.17) is 9.15 Å². The molecule has 32 heavy (non-hydrogen) atoms. The minimum atomic E-state index is -0.646. The second-order valence-electron chi connectivity index (χ2n) is 7.73. The van der Waals surface area contributed by atoms with E-state index >= 15 is 0 Å². The van der Waals surface area contributed by atoms with Gasteiger partial charge in [-0.05, 0) is 55.7 Å². The number of hydrogen-bond acceptors (Lipinski definition) is 5. The zero-order valence-corrected chi connectivity index (χ0v) is 18.4. The van der Waals surface area contributed by atoms with Crippen LogP contribution >= 0.6 is 0 Å². The number of ether oxygens (including phenoxy) is 1. The highest BCUT2D eigenvalue weighted by Crippen LogP contribution is 2.18. The molecule has 1 aliphatic heterocycles. The van der Waals surface area contributed by atoms with Crippen molar-refractivity contribution in [1.82, 2.24) is 15.5 Å². The zero-order chi connectivity index (χ0) is 22.9. The Morgan fingerprint density at radius 2 is 1.91 bits per heavy atom. The fourth-order valence-corrected chi connectivity index (χ4v) is 3.58. The molecular formula is C24H29N3O5. The van der Waals surface area contributed by atoms with Crippen molar-refractivity contribution >= 4 is 23.8 Å². The van der Waals surface area contributed by atoms with Crippen LogP contribution < -0.4 is 15.4 Å². The van der Waals surface area contributed by atoms with Gasteiger partial charge in [-0.3, -0.25) is 14.4 Å². The molecule has 3 amide bonds. The summed E-state index contributed by atoms with van der Waals surface area (Å²) in [6.07, 6.45) is 5.84. The Balaban J connectivity index is 1.41. The summed E-state index contributed by atoms with van der Waals surface area (Å²) < 4.78 is 10.3. The van der Waals surface area contributed by atoms with Crippen LogP contribution in [0, 0.1) is 5.92 Å². The first-order chi connectivity index (χ1) is 15.5. The highest BCUT2D eigenvalue weighted by Gasteiger charge is 2.29. The molecule has 170 valence electrons. The molecule has 0 spiro atoms. The number of nitrogens with one attached hydrogen (secondary N) is 2. The van der Waals surface area contributed by atoms with Gasteiger partial charge in [-0.2, -0.15) is 0 Å². The Hall–Kier alpha value is -3.55. The standard InChI is InChI=1S/C24H29N3O5/c1-17(26-22(28)10-7-18-5-8-20(31-2)9-6-18)24(30)27-13-11-19(12-14-27)23(29)25-16-21-4-3-15-32-21/h3-10,15,17,19H,11-14,16H2,1-2H3,(H,25,29)(H,26,28)/b10-7+. The van der Waals surface area contributed by atoms with Gasteiger partial charge in [0.25, 0.3) is 0 Å². The third-order valence-corrected chi connectivity index (χ3v) is 5.47. The first-order valence-corrected chi connectivity index (χ1v) is 10.7. The molecular weight excluding hydrogens is 410 g/mol. The maximum atomic E-state index is 12.7. The first kappa shape index (κ1) is 23.1. The van der Waals surface area contributed by atoms with Gasteiger partial charge >= 0.3 is 0 Å². The Bertz CT molecular complexity index is 929. The number of piperidine rings is 1. The number of hydrogen-bond donors (Lipinski definition) is 2. The second-order valence-corrected chi connectivity index (χ2v) is 7.73. The van der Waals surface area contributed by atoms with Crippen molar-refractivity contribution in [1.29, 1.82) is 0 Å². The largest absolute Gasteiger partial charge is 0.497 e. The van der Waals surface area contributed by atoms with Crippen LogP contribution in [0.25, 0.3) is 6.08 Å². The summed E-state index contributed by atoms with van der Waals surface area (Å²) in [6, 6.07) is 10.2. The van der Waals surface area contributed by atoms with E-state index in [0.29, 0.717) is 38.2 Å². The van der Waals surface area contributed by atoms with E-state index in [2.05, 4.69) is 10.6 Å². The van der Waals surface area contributed by atoms with Gasteiger partial charge in [0.05, 0.1) is 19.9 Å². The smallest absolute Gasteiger partial charge is 0.244 e. The van der Waals surface area contributed by atoms with Gasteiger partial charge in [-0.1, -0.05) is 12.1 Å². The molecule has 2 heterocycles. The molecule has 0 saturated carbocycles. The topological polar surface area (TPSA) is 101 Å². The SMILES string of the molecule is COc1ccc(/C=C/C(=O)NC(C)C(=O)N2CCC(C(=O)NCc3ccco3)CC2)cc1. The lowest BCUT2D eigenvalue weighted by atomic mass is 9.95. The average Bonchev–Trinajstić information content (AvgIpc) is 3.35. The Kier molecular flexibility index (Phi) is 8.08. The highest BCUT2D eigenvalue weighted by molar-refractivity contribution is 5.95. The molecule has 0 bridgehead atoms. The quantitative estimate of drug-likeness (QED) is 0.615. The fourth-order valence-electron chi connectivity index (χ4n) is 3.58. The van der Waals surface area contributed by atoms with Crippen LogP contribution in [-0.4, -0.2) is 48.9 Å². The molecule has 1 aromatic carbocycles. The number of benzene rings is 1. The van der Waals surface area contributed by atoms with Gasteiger partial charge in [-0.25, -0.2) is 0 Å². The van der Waals surface area contributed by atoms with Crippen molar-refractivity contribution in [2.24, 2.45) is 5.92 Å². The average molecular weight is 440 g/mol. The van der Waals surface area contributed by atoms with Gasteiger partial charge in [0.1, 0.15) is 17.6 Å². The summed E-state index contributed by atoms with van der Waals surface area (Å²) in [7, 11) is 1.59. The molecule has 1 aromatic heterocycles. The van der Waals surface area contributed by atoms with Crippen LogP contribution in [-0.2, 0) is 20.9 Å². The summed E-state index contributed by atoms with van der Waals surface area (Å²) in [5.41, 5.74) is 0.854. The number of carbonyl (C=O) groups is 3. The number of nitrogens with zero attached hydrogens (tertiary/aromatic N) is 1. The molecule has 0 radical (unpaired) electrons. The number of furan rings is 1. The number of rotatable bonds is 8. The van der Waals surface area contributed by atoms with Crippen LogP contribution in [0.4, 0.5) is 0 Å². The summed E-state index contributed by atoms with van der Waals surface area (Å²) in [4.78, 5) is 38.9. The third-order valence-electron chi connectivity index (χ3n) is 5.47. The lowest BCUT2D eigenvalue weighted by Gasteiger charge is -2.33. The number of amides is 3. The number of carbonyl (C=O) groups excluding carboxylic acids is 3. The van der Waals surface area contributed by atoms with Crippen LogP contribution in [0.1, 0.15) is 31.1 Å². The predicted octanol–water partition coefficient (Wildman–Crippen LogP) is 2.36. The van der Waals surface area contributed by atoms with Crippen molar-refractivity contribution in [2.45, 2.75) is 32.4 Å². The van der Waals surface area contributed by atoms with Gasteiger partial charge in [0.15, 0.2) is 0 Å². The lowest BCUT2D eigenvalue weighted by Crippen LogP contribution is -2.50. The van der Waals surface area contributed by atoms with E-state index < -0.39 is 6.04 Å². The summed E-state index contributed by atoms with van der Waals surface area (Å²) >= 11 is 0. The molecule has 1 atom stereocenters. The van der Waals surface area contributed by atoms with Gasteiger partial charge in [-0.15, -0.1) is 0 Å². The predicted molar refractivity (Wildman–Crippen MR) is 119 cm³/mol. The Morgan fingerprint density at radius 3 is 2.53 bits per heavy atom. The minimum absolute atomic E-state index is 0.0291. The maximum absolute atomic E-state index is 12.7. The van der Waals surface area contributed by atoms with Gasteiger partial charge in [0.2, 0.25) is 17.7 Å². The van der Waals surface area contributed by atoms with E-state index in [1.165, 1.54) is 6.08 Å². The van der Waals surface area contributed by atoms with Crippen LogP contribution in [0.2, 0.25) is 0 Å². The summed E-state index contributed by atoms with van der Waals surface area (Å²) in [6.45, 7) is 3.00. The Labute approximate surface area is 187 Å². The minimum Gasteiger partial charge on any atom is -0.497 e. The van der Waals surface area contributed by atoms with Crippen molar-refractivity contribution < 1.29 is 23.5 Å².